The number of nitrogens with zero attached hydrogens (tertiary/aromatic N) is 2. The lowest BCUT2D eigenvalue weighted by molar-refractivity contribution is 0.630. The van der Waals surface area contributed by atoms with Crippen molar-refractivity contribution >= 4 is 11.4 Å². The Bertz CT molecular complexity index is 506. The van der Waals surface area contributed by atoms with Crippen LogP contribution >= 0.6 is 0 Å². The number of aliphatic imine (C=N–C) groups is 1. The smallest absolute Gasteiger partial charge is 0.148 e. The summed E-state index contributed by atoms with van der Waals surface area (Å²) in [5.41, 5.74) is 1.79. The Morgan fingerprint density at radius 3 is 2.56 bits per heavy atom. The number of halogens is 1. The fraction of sp³-hybridized carbons (Fsp3) is 0.0769. The van der Waals surface area contributed by atoms with Gasteiger partial charge in [-0.3, -0.25) is 4.98 Å². The highest BCUT2D eigenvalue weighted by atomic mass is 19.1. The maximum absolute atomic E-state index is 13.3. The normalized spacial score (nSPS) is 11.5. The van der Waals surface area contributed by atoms with Crippen molar-refractivity contribution in [3.63, 3.8) is 0 Å². The van der Waals surface area contributed by atoms with Crippen LogP contribution in [-0.2, 0) is 0 Å². The molecule has 0 saturated carbocycles. The lowest BCUT2D eigenvalue weighted by Crippen LogP contribution is -1.96. The van der Waals surface area contributed by atoms with Crippen LogP contribution in [0.25, 0.3) is 0 Å². The van der Waals surface area contributed by atoms with E-state index in [1.165, 1.54) is 6.07 Å². The lowest BCUT2D eigenvalue weighted by atomic mass is 10.2. The first-order valence-corrected chi connectivity index (χ1v) is 4.98. The maximum atomic E-state index is 13.3. The number of pyridine rings is 1. The lowest BCUT2D eigenvalue weighted by Gasteiger charge is -2.00. The molecule has 1 heterocycles. The third-order valence-electron chi connectivity index (χ3n) is 2.18. The number of aromatic nitrogens is 1. The average Bonchev–Trinajstić information content (AvgIpc) is 2.33. The molecule has 80 valence electrons. The van der Waals surface area contributed by atoms with Gasteiger partial charge in [0.2, 0.25) is 0 Å². The van der Waals surface area contributed by atoms with E-state index >= 15 is 0 Å². The van der Waals surface area contributed by atoms with Gasteiger partial charge in [-0.2, -0.15) is 0 Å². The number of hydrogen-bond donors (Lipinski definition) is 0. The van der Waals surface area contributed by atoms with E-state index in [-0.39, 0.29) is 5.82 Å². The van der Waals surface area contributed by atoms with Crippen LogP contribution in [0.2, 0.25) is 0 Å². The summed E-state index contributed by atoms with van der Waals surface area (Å²) in [5, 5.41) is 0. The summed E-state index contributed by atoms with van der Waals surface area (Å²) in [6.45, 7) is 1.81. The molecule has 0 atom stereocenters. The molecule has 3 heteroatoms. The largest absolute Gasteiger partial charge is 0.255 e. The molecule has 0 spiro atoms. The van der Waals surface area contributed by atoms with Crippen molar-refractivity contribution in [2.24, 2.45) is 4.99 Å². The van der Waals surface area contributed by atoms with E-state index < -0.39 is 0 Å². The molecule has 0 aliphatic carbocycles. The van der Waals surface area contributed by atoms with Gasteiger partial charge in [-0.25, -0.2) is 9.38 Å². The predicted molar refractivity (Wildman–Crippen MR) is 62.5 cm³/mol. The van der Waals surface area contributed by atoms with Crippen molar-refractivity contribution in [1.82, 2.24) is 4.98 Å². The van der Waals surface area contributed by atoms with Gasteiger partial charge in [0.1, 0.15) is 5.82 Å². The molecule has 0 saturated heterocycles. The minimum absolute atomic E-state index is 0.321. The van der Waals surface area contributed by atoms with Crippen molar-refractivity contribution in [2.75, 3.05) is 0 Å². The Kier molecular flexibility index (Phi) is 3.05. The molecule has 2 rings (SSSR count). The maximum Gasteiger partial charge on any atom is 0.148 e. The van der Waals surface area contributed by atoms with Gasteiger partial charge in [0.15, 0.2) is 0 Å². The average molecular weight is 214 g/mol. The Morgan fingerprint density at radius 2 is 1.88 bits per heavy atom. The highest BCUT2D eigenvalue weighted by molar-refractivity contribution is 5.98. The molecule has 0 aliphatic rings. The SMILES string of the molecule is CC(=Nc1ccccc1F)c1ccccn1. The fourth-order valence-corrected chi connectivity index (χ4v) is 1.36. The van der Waals surface area contributed by atoms with Crippen molar-refractivity contribution in [3.05, 3.63) is 60.2 Å². The van der Waals surface area contributed by atoms with Gasteiger partial charge in [-0.05, 0) is 31.2 Å². The standard InChI is InChI=1S/C13H11FN2/c1-10(12-7-4-5-9-15-12)16-13-8-3-2-6-11(13)14/h2-9H,1H3. The van der Waals surface area contributed by atoms with E-state index in [1.54, 1.807) is 24.4 Å². The van der Waals surface area contributed by atoms with Crippen molar-refractivity contribution < 1.29 is 4.39 Å². The first kappa shape index (κ1) is 10.5. The Morgan fingerprint density at radius 1 is 1.12 bits per heavy atom. The van der Waals surface area contributed by atoms with Crippen molar-refractivity contribution in [3.8, 4) is 0 Å². The number of hydrogen-bond acceptors (Lipinski definition) is 2. The quantitative estimate of drug-likeness (QED) is 0.703. The Balaban J connectivity index is 2.36. The van der Waals surface area contributed by atoms with Gasteiger partial charge in [-0.15, -0.1) is 0 Å². The van der Waals surface area contributed by atoms with E-state index in [9.17, 15) is 4.39 Å². The first-order valence-electron chi connectivity index (χ1n) is 4.98. The number of benzene rings is 1. The van der Waals surface area contributed by atoms with Crippen molar-refractivity contribution in [2.45, 2.75) is 6.92 Å². The summed E-state index contributed by atoms with van der Waals surface area (Å²) in [7, 11) is 0. The Labute approximate surface area is 93.5 Å². The van der Waals surface area contributed by atoms with Gasteiger partial charge in [0, 0.05) is 6.20 Å². The molecule has 2 nitrogen and oxygen atoms in total. The van der Waals surface area contributed by atoms with Gasteiger partial charge >= 0.3 is 0 Å². The first-order chi connectivity index (χ1) is 7.77. The second-order valence-electron chi connectivity index (χ2n) is 3.36. The van der Waals surface area contributed by atoms with E-state index in [0.717, 1.165) is 5.69 Å². The zero-order valence-electron chi connectivity index (χ0n) is 8.89. The van der Waals surface area contributed by atoms with E-state index in [0.29, 0.717) is 11.4 Å². The van der Waals surface area contributed by atoms with Crippen LogP contribution in [0.4, 0.5) is 10.1 Å². The van der Waals surface area contributed by atoms with E-state index in [2.05, 4.69) is 9.98 Å². The third kappa shape index (κ3) is 2.31. The van der Waals surface area contributed by atoms with Gasteiger partial charge in [-0.1, -0.05) is 18.2 Å². The summed E-state index contributed by atoms with van der Waals surface area (Å²) in [4.78, 5) is 8.36. The molecule has 0 aliphatic heterocycles. The van der Waals surface area contributed by atoms with Crippen LogP contribution in [-0.4, -0.2) is 10.7 Å². The van der Waals surface area contributed by atoms with Crippen molar-refractivity contribution in [1.29, 1.82) is 0 Å². The van der Waals surface area contributed by atoms with Crippen LogP contribution in [0.3, 0.4) is 0 Å². The van der Waals surface area contributed by atoms with Crippen LogP contribution in [0.5, 0.6) is 0 Å². The number of rotatable bonds is 2. The fourth-order valence-electron chi connectivity index (χ4n) is 1.36. The molecule has 1 aromatic carbocycles. The van der Waals surface area contributed by atoms with E-state index in [1.807, 2.05) is 25.1 Å². The number of para-hydroxylation sites is 1. The predicted octanol–water partition coefficient (Wildman–Crippen LogP) is 3.36. The molecule has 0 unspecified atom stereocenters. The Hall–Kier alpha value is -2.03. The molecule has 0 radical (unpaired) electrons. The minimum atomic E-state index is -0.321. The molecular formula is C13H11FN2. The minimum Gasteiger partial charge on any atom is -0.255 e. The second kappa shape index (κ2) is 4.66. The van der Waals surface area contributed by atoms with Gasteiger partial charge < -0.3 is 0 Å². The molecule has 0 bridgehead atoms. The second-order valence-corrected chi connectivity index (χ2v) is 3.36. The summed E-state index contributed by atoms with van der Waals surface area (Å²) >= 11 is 0. The zero-order valence-corrected chi connectivity index (χ0v) is 8.89. The molecule has 0 amide bonds. The molecule has 0 fully saturated rings. The summed E-state index contributed by atoms with van der Waals surface area (Å²) < 4.78 is 13.3. The molecule has 2 aromatic rings. The highest BCUT2D eigenvalue weighted by Gasteiger charge is 2.01. The highest BCUT2D eigenvalue weighted by Crippen LogP contribution is 2.17. The molecule has 1 aromatic heterocycles. The summed E-state index contributed by atoms with van der Waals surface area (Å²) in [6.07, 6.45) is 1.69. The molecular weight excluding hydrogens is 203 g/mol. The third-order valence-corrected chi connectivity index (χ3v) is 2.18. The van der Waals surface area contributed by atoms with Crippen LogP contribution in [0, 0.1) is 5.82 Å². The summed E-state index contributed by atoms with van der Waals surface area (Å²) in [6, 6.07) is 12.0. The van der Waals surface area contributed by atoms with Crippen LogP contribution in [0.1, 0.15) is 12.6 Å². The summed E-state index contributed by atoms with van der Waals surface area (Å²) in [5.74, 6) is -0.321. The topological polar surface area (TPSA) is 25.2 Å². The monoisotopic (exact) mass is 214 g/mol. The van der Waals surface area contributed by atoms with Crippen LogP contribution < -0.4 is 0 Å². The zero-order chi connectivity index (χ0) is 11.4. The van der Waals surface area contributed by atoms with Gasteiger partial charge in [0.25, 0.3) is 0 Å². The molecule has 0 N–H and O–H groups in total. The van der Waals surface area contributed by atoms with E-state index in [4.69, 9.17) is 0 Å². The van der Waals surface area contributed by atoms with Crippen LogP contribution in [0.15, 0.2) is 53.7 Å². The van der Waals surface area contributed by atoms with Gasteiger partial charge in [0.05, 0.1) is 17.1 Å². The molecule has 16 heavy (non-hydrogen) atoms.